The molecule has 0 aromatic rings. The van der Waals surface area contributed by atoms with Gasteiger partial charge in [0.25, 0.3) is 0 Å². The van der Waals surface area contributed by atoms with E-state index < -0.39 is 5.41 Å². The molecule has 2 fully saturated rings. The van der Waals surface area contributed by atoms with Gasteiger partial charge in [-0.15, -0.1) is 0 Å². The predicted octanol–water partition coefficient (Wildman–Crippen LogP) is 2.93. The number of amides is 2. The van der Waals surface area contributed by atoms with Crippen LogP contribution in [0.25, 0.3) is 0 Å². The van der Waals surface area contributed by atoms with Gasteiger partial charge in [0.05, 0.1) is 16.9 Å². The third-order valence-electron chi connectivity index (χ3n) is 7.02. The summed E-state index contributed by atoms with van der Waals surface area (Å²) in [6.45, 7) is 8.24. The van der Waals surface area contributed by atoms with Crippen molar-refractivity contribution in [2.75, 3.05) is 0 Å². The quantitative estimate of drug-likeness (QED) is 0.549. The van der Waals surface area contributed by atoms with E-state index in [9.17, 15) is 9.59 Å². The summed E-state index contributed by atoms with van der Waals surface area (Å²) >= 11 is 0. The zero-order valence-corrected chi connectivity index (χ0v) is 13.2. The molecule has 21 heavy (non-hydrogen) atoms. The molecule has 1 aliphatic heterocycles. The molecule has 3 heteroatoms. The monoisotopic (exact) mass is 285 g/mol. The van der Waals surface area contributed by atoms with Crippen LogP contribution in [0.1, 0.15) is 40.5 Å². The number of hydrogen-bond acceptors (Lipinski definition) is 2. The largest absolute Gasteiger partial charge is 0.274 e. The Morgan fingerprint density at radius 2 is 1.90 bits per heavy atom. The fourth-order valence-electron chi connectivity index (χ4n) is 5.01. The molecular formula is C18H23NO2. The third-order valence-corrected chi connectivity index (χ3v) is 7.02. The van der Waals surface area contributed by atoms with Gasteiger partial charge < -0.3 is 0 Å². The van der Waals surface area contributed by atoms with Crippen molar-refractivity contribution in [1.29, 1.82) is 0 Å². The first-order chi connectivity index (χ1) is 9.72. The minimum Gasteiger partial charge on any atom is -0.274 e. The number of likely N-dealkylation sites (tertiary alicyclic amines) is 1. The van der Waals surface area contributed by atoms with E-state index in [-0.39, 0.29) is 28.7 Å². The van der Waals surface area contributed by atoms with E-state index in [2.05, 4.69) is 39.0 Å². The van der Waals surface area contributed by atoms with Crippen LogP contribution in [0.2, 0.25) is 0 Å². The minimum atomic E-state index is -0.531. The van der Waals surface area contributed by atoms with E-state index in [1.807, 2.05) is 13.0 Å². The number of imide groups is 1. The summed E-state index contributed by atoms with van der Waals surface area (Å²) in [6, 6.07) is -0.0811. The van der Waals surface area contributed by atoms with Gasteiger partial charge >= 0.3 is 0 Å². The van der Waals surface area contributed by atoms with Crippen molar-refractivity contribution in [3.63, 3.8) is 0 Å². The molecule has 0 aromatic heterocycles. The average Bonchev–Trinajstić information content (AvgIpc) is 3.09. The van der Waals surface area contributed by atoms with E-state index in [1.54, 1.807) is 4.90 Å². The molecule has 1 heterocycles. The van der Waals surface area contributed by atoms with Crippen LogP contribution in [0.3, 0.4) is 0 Å². The summed E-state index contributed by atoms with van der Waals surface area (Å²) in [5.74, 6) is 0.883. The Kier molecular flexibility index (Phi) is 2.22. The van der Waals surface area contributed by atoms with Crippen LogP contribution in [0, 0.1) is 28.1 Å². The smallest absolute Gasteiger partial charge is 0.240 e. The van der Waals surface area contributed by atoms with Crippen LogP contribution in [0.5, 0.6) is 0 Å². The van der Waals surface area contributed by atoms with Crippen molar-refractivity contribution < 1.29 is 9.59 Å². The van der Waals surface area contributed by atoms with Gasteiger partial charge in [-0.2, -0.15) is 0 Å². The highest BCUT2D eigenvalue weighted by atomic mass is 16.2. The van der Waals surface area contributed by atoms with Gasteiger partial charge in [0.2, 0.25) is 11.8 Å². The van der Waals surface area contributed by atoms with E-state index >= 15 is 0 Å². The fourth-order valence-corrected chi connectivity index (χ4v) is 5.01. The van der Waals surface area contributed by atoms with Crippen molar-refractivity contribution in [2.45, 2.75) is 46.6 Å². The molecule has 2 amide bonds. The molecule has 4 aliphatic rings. The van der Waals surface area contributed by atoms with Crippen molar-refractivity contribution in [3.8, 4) is 0 Å². The van der Waals surface area contributed by atoms with E-state index in [0.717, 1.165) is 12.8 Å². The number of hydrogen-bond donors (Lipinski definition) is 0. The molecule has 1 saturated carbocycles. The van der Waals surface area contributed by atoms with Crippen LogP contribution in [-0.2, 0) is 9.59 Å². The van der Waals surface area contributed by atoms with Gasteiger partial charge in [-0.25, -0.2) is 0 Å². The molecule has 5 atom stereocenters. The summed E-state index contributed by atoms with van der Waals surface area (Å²) < 4.78 is 0. The zero-order valence-electron chi connectivity index (χ0n) is 13.2. The molecule has 0 N–H and O–H groups in total. The van der Waals surface area contributed by atoms with Gasteiger partial charge in [-0.1, -0.05) is 45.1 Å². The van der Waals surface area contributed by atoms with Gasteiger partial charge in [0.15, 0.2) is 0 Å². The van der Waals surface area contributed by atoms with E-state index in [1.165, 1.54) is 0 Å². The summed E-state index contributed by atoms with van der Waals surface area (Å²) in [5.41, 5.74) is -1.12. The summed E-state index contributed by atoms with van der Waals surface area (Å²) in [4.78, 5) is 27.7. The Balaban J connectivity index is 1.73. The molecule has 1 saturated heterocycles. The number of allylic oxidation sites excluding steroid dienone is 2. The summed E-state index contributed by atoms with van der Waals surface area (Å²) in [6.07, 6.45) is 10.5. The SMILES string of the molecule is CC1(C)[C@@H]2C=C[C@@]1(C)C(=O)N2C(=O)[C@]1(C)C[C@@H]2C=C[C@H]1C2. The number of nitrogens with zero attached hydrogens (tertiary/aromatic N) is 1. The molecule has 0 aromatic carbocycles. The first-order valence-electron chi connectivity index (χ1n) is 7.97. The van der Waals surface area contributed by atoms with Crippen LogP contribution >= 0.6 is 0 Å². The van der Waals surface area contributed by atoms with Crippen molar-refractivity contribution in [2.24, 2.45) is 28.1 Å². The zero-order chi connectivity index (χ0) is 15.2. The van der Waals surface area contributed by atoms with Gasteiger partial charge in [-0.05, 0) is 31.6 Å². The molecule has 0 spiro atoms. The van der Waals surface area contributed by atoms with Crippen molar-refractivity contribution in [1.82, 2.24) is 4.90 Å². The lowest BCUT2D eigenvalue weighted by molar-refractivity contribution is -0.153. The molecule has 0 unspecified atom stereocenters. The minimum absolute atomic E-state index is 0.00187. The van der Waals surface area contributed by atoms with Gasteiger partial charge in [0, 0.05) is 5.41 Å². The molecule has 112 valence electrons. The lowest BCUT2D eigenvalue weighted by atomic mass is 9.70. The maximum Gasteiger partial charge on any atom is 0.240 e. The maximum atomic E-state index is 13.2. The van der Waals surface area contributed by atoms with Gasteiger partial charge in [-0.3, -0.25) is 14.5 Å². The van der Waals surface area contributed by atoms with E-state index in [4.69, 9.17) is 0 Å². The highest BCUT2D eigenvalue weighted by Gasteiger charge is 2.66. The lowest BCUT2D eigenvalue weighted by Gasteiger charge is -2.36. The second kappa shape index (κ2) is 3.50. The normalized spacial score (nSPS) is 48.7. The third kappa shape index (κ3) is 1.27. The average molecular weight is 285 g/mol. The number of rotatable bonds is 1. The molecule has 4 bridgehead atoms. The van der Waals surface area contributed by atoms with Crippen LogP contribution < -0.4 is 0 Å². The topological polar surface area (TPSA) is 37.4 Å². The number of fused-ring (bicyclic) bond motifs is 4. The Hall–Kier alpha value is -1.38. The first-order valence-corrected chi connectivity index (χ1v) is 7.97. The second-order valence-corrected chi connectivity index (χ2v) is 8.32. The Morgan fingerprint density at radius 3 is 2.38 bits per heavy atom. The molecule has 4 rings (SSSR count). The standard InChI is InChI=1S/C18H23NO2/c1-16(2)13-7-8-18(16,4)15(21)19(13)14(20)17(3)10-11-5-6-12(17)9-11/h5-8,11-13H,9-10H2,1-4H3/t11-,12+,13+,17-,18+/m1/s1. The molecule has 3 aliphatic carbocycles. The van der Waals surface area contributed by atoms with E-state index in [0.29, 0.717) is 11.8 Å². The molecule has 3 nitrogen and oxygen atoms in total. The number of carbonyl (C=O) groups is 2. The molecule has 0 radical (unpaired) electrons. The lowest BCUT2D eigenvalue weighted by Crippen LogP contribution is -2.50. The Morgan fingerprint density at radius 1 is 1.19 bits per heavy atom. The Labute approximate surface area is 126 Å². The highest BCUT2D eigenvalue weighted by Crippen LogP contribution is 2.59. The van der Waals surface area contributed by atoms with Crippen molar-refractivity contribution in [3.05, 3.63) is 24.3 Å². The van der Waals surface area contributed by atoms with Crippen LogP contribution in [0.4, 0.5) is 0 Å². The second-order valence-electron chi connectivity index (χ2n) is 8.32. The fraction of sp³-hybridized carbons (Fsp3) is 0.667. The molecular weight excluding hydrogens is 262 g/mol. The van der Waals surface area contributed by atoms with Gasteiger partial charge in [0.1, 0.15) is 0 Å². The number of carbonyl (C=O) groups excluding carboxylic acids is 2. The highest BCUT2D eigenvalue weighted by molar-refractivity contribution is 6.05. The van der Waals surface area contributed by atoms with Crippen molar-refractivity contribution >= 4 is 11.8 Å². The Bertz CT molecular complexity index is 617. The van der Waals surface area contributed by atoms with Crippen LogP contribution in [-0.4, -0.2) is 22.8 Å². The predicted molar refractivity (Wildman–Crippen MR) is 80.1 cm³/mol. The first kappa shape index (κ1) is 13.3. The summed E-state index contributed by atoms with van der Waals surface area (Å²) in [7, 11) is 0. The van der Waals surface area contributed by atoms with Crippen LogP contribution in [0.15, 0.2) is 24.3 Å². The summed E-state index contributed by atoms with van der Waals surface area (Å²) in [5, 5.41) is 0. The maximum absolute atomic E-state index is 13.2.